The molecule has 0 spiro atoms. The van der Waals surface area contributed by atoms with Crippen molar-refractivity contribution in [1.82, 2.24) is 0 Å². The van der Waals surface area contributed by atoms with E-state index >= 15 is 0 Å². The fourth-order valence-corrected chi connectivity index (χ4v) is 2.47. The predicted octanol–water partition coefficient (Wildman–Crippen LogP) is 5.42. The Kier molecular flexibility index (Phi) is 3.92. The van der Waals surface area contributed by atoms with Gasteiger partial charge in [0.15, 0.2) is 0 Å². The fraction of sp³-hybridized carbons (Fsp3) is 0.150. The van der Waals surface area contributed by atoms with Crippen molar-refractivity contribution in [2.24, 2.45) is 4.99 Å². The van der Waals surface area contributed by atoms with Gasteiger partial charge in [-0.2, -0.15) is 0 Å². The number of hydrogen-bond donors (Lipinski definition) is 1. The van der Waals surface area contributed by atoms with E-state index in [4.69, 9.17) is 0 Å². The molecule has 0 saturated carbocycles. The molecular weight excluding hydrogens is 270 g/mol. The summed E-state index contributed by atoms with van der Waals surface area (Å²) in [6.07, 6.45) is 1.71. The van der Waals surface area contributed by atoms with Gasteiger partial charge in [-0.25, -0.2) is 0 Å². The number of aromatic hydroxyl groups is 1. The molecule has 0 aromatic heterocycles. The van der Waals surface area contributed by atoms with Crippen LogP contribution in [0.25, 0.3) is 10.8 Å². The maximum Gasteiger partial charge on any atom is 0.132 e. The highest BCUT2D eigenvalue weighted by molar-refractivity contribution is 5.97. The van der Waals surface area contributed by atoms with Crippen LogP contribution in [0.3, 0.4) is 0 Å². The van der Waals surface area contributed by atoms with Crippen LogP contribution < -0.4 is 0 Å². The smallest absolute Gasteiger partial charge is 0.132 e. The summed E-state index contributed by atoms with van der Waals surface area (Å²) in [6, 6.07) is 19.9. The van der Waals surface area contributed by atoms with Crippen LogP contribution >= 0.6 is 0 Å². The molecule has 0 amide bonds. The summed E-state index contributed by atoms with van der Waals surface area (Å²) in [6.45, 7) is 4.34. The molecule has 3 rings (SSSR count). The van der Waals surface area contributed by atoms with Crippen LogP contribution in [0.4, 0.5) is 5.69 Å². The molecule has 0 heterocycles. The van der Waals surface area contributed by atoms with Crippen LogP contribution in [0.1, 0.15) is 30.9 Å². The average molecular weight is 289 g/mol. The van der Waals surface area contributed by atoms with Crippen molar-refractivity contribution < 1.29 is 5.11 Å². The Balaban J connectivity index is 1.90. The number of benzene rings is 3. The maximum atomic E-state index is 10.4. The lowest BCUT2D eigenvalue weighted by atomic mass is 10.0. The van der Waals surface area contributed by atoms with Crippen LogP contribution in [0.5, 0.6) is 5.75 Å². The Morgan fingerprint density at radius 1 is 0.909 bits per heavy atom. The van der Waals surface area contributed by atoms with Gasteiger partial charge in [-0.15, -0.1) is 0 Å². The molecule has 2 heteroatoms. The second-order valence-corrected chi connectivity index (χ2v) is 5.73. The van der Waals surface area contributed by atoms with E-state index in [2.05, 4.69) is 31.0 Å². The lowest BCUT2D eigenvalue weighted by molar-refractivity contribution is 0.481. The van der Waals surface area contributed by atoms with Gasteiger partial charge in [0.1, 0.15) is 5.75 Å². The Morgan fingerprint density at radius 2 is 1.64 bits per heavy atom. The molecule has 1 N–H and O–H groups in total. The highest BCUT2D eigenvalue weighted by atomic mass is 16.3. The minimum atomic E-state index is 0.278. The van der Waals surface area contributed by atoms with E-state index in [9.17, 15) is 5.11 Å². The number of phenolic OH excluding ortho intramolecular Hbond substituents is 1. The molecule has 2 nitrogen and oxygen atoms in total. The number of rotatable bonds is 3. The summed E-state index contributed by atoms with van der Waals surface area (Å²) in [4.78, 5) is 4.46. The number of nitrogens with zero attached hydrogens (tertiary/aromatic N) is 1. The van der Waals surface area contributed by atoms with Crippen LogP contribution in [-0.4, -0.2) is 11.3 Å². The van der Waals surface area contributed by atoms with E-state index in [1.165, 1.54) is 5.56 Å². The highest BCUT2D eigenvalue weighted by Gasteiger charge is 2.04. The fourth-order valence-electron chi connectivity index (χ4n) is 2.47. The van der Waals surface area contributed by atoms with Crippen molar-refractivity contribution in [3.63, 3.8) is 0 Å². The number of hydrogen-bond acceptors (Lipinski definition) is 2. The van der Waals surface area contributed by atoms with Crippen LogP contribution in [0.2, 0.25) is 0 Å². The minimum Gasteiger partial charge on any atom is -0.507 e. The maximum absolute atomic E-state index is 10.4. The molecule has 0 aliphatic heterocycles. The van der Waals surface area contributed by atoms with Gasteiger partial charge in [0, 0.05) is 17.2 Å². The molecule has 0 unspecified atom stereocenters. The van der Waals surface area contributed by atoms with Crippen molar-refractivity contribution in [3.05, 3.63) is 71.8 Å². The van der Waals surface area contributed by atoms with E-state index < -0.39 is 0 Å². The second-order valence-electron chi connectivity index (χ2n) is 5.73. The quantitative estimate of drug-likeness (QED) is 0.642. The highest BCUT2D eigenvalue weighted by Crippen LogP contribution is 2.28. The van der Waals surface area contributed by atoms with Crippen LogP contribution in [0.15, 0.2) is 65.7 Å². The van der Waals surface area contributed by atoms with Crippen LogP contribution in [0, 0.1) is 0 Å². The molecular formula is C20H19NO. The molecule has 0 bridgehead atoms. The lowest BCUT2D eigenvalue weighted by Crippen LogP contribution is -1.86. The van der Waals surface area contributed by atoms with E-state index in [1.54, 1.807) is 6.21 Å². The van der Waals surface area contributed by atoms with Gasteiger partial charge in [-0.05, 0) is 35.1 Å². The van der Waals surface area contributed by atoms with E-state index in [0.29, 0.717) is 5.92 Å². The first-order chi connectivity index (χ1) is 10.6. The van der Waals surface area contributed by atoms with Gasteiger partial charge in [-0.1, -0.05) is 56.3 Å². The van der Waals surface area contributed by atoms with E-state index in [0.717, 1.165) is 22.0 Å². The van der Waals surface area contributed by atoms with Gasteiger partial charge in [0.2, 0.25) is 0 Å². The van der Waals surface area contributed by atoms with E-state index in [-0.39, 0.29) is 5.75 Å². The van der Waals surface area contributed by atoms with Crippen molar-refractivity contribution >= 4 is 22.7 Å². The van der Waals surface area contributed by atoms with Crippen molar-refractivity contribution in [1.29, 1.82) is 0 Å². The molecule has 3 aromatic rings. The summed E-state index contributed by atoms with van der Waals surface area (Å²) < 4.78 is 0. The zero-order valence-electron chi connectivity index (χ0n) is 12.8. The van der Waals surface area contributed by atoms with Gasteiger partial charge in [0.25, 0.3) is 0 Å². The SMILES string of the molecule is CC(C)c1ccc(N=Cc2ccc3ccccc3c2O)cc1. The topological polar surface area (TPSA) is 32.6 Å². The van der Waals surface area contributed by atoms with Gasteiger partial charge in [-0.3, -0.25) is 4.99 Å². The zero-order chi connectivity index (χ0) is 15.5. The Labute approximate surface area is 130 Å². The summed E-state index contributed by atoms with van der Waals surface area (Å²) in [5.41, 5.74) is 2.91. The first-order valence-electron chi connectivity index (χ1n) is 7.50. The minimum absolute atomic E-state index is 0.278. The zero-order valence-corrected chi connectivity index (χ0v) is 12.8. The third kappa shape index (κ3) is 2.86. The van der Waals surface area contributed by atoms with Crippen molar-refractivity contribution in [2.75, 3.05) is 0 Å². The normalized spacial score (nSPS) is 11.6. The second kappa shape index (κ2) is 6.02. The first kappa shape index (κ1) is 14.3. The number of fused-ring (bicyclic) bond motifs is 1. The summed E-state index contributed by atoms with van der Waals surface area (Å²) in [7, 11) is 0. The van der Waals surface area contributed by atoms with Gasteiger partial charge >= 0.3 is 0 Å². The third-order valence-corrected chi connectivity index (χ3v) is 3.84. The molecule has 22 heavy (non-hydrogen) atoms. The molecule has 0 fully saturated rings. The third-order valence-electron chi connectivity index (χ3n) is 3.84. The van der Waals surface area contributed by atoms with E-state index in [1.807, 2.05) is 48.5 Å². The molecule has 0 radical (unpaired) electrons. The number of aliphatic imine (C=N–C) groups is 1. The molecule has 0 aliphatic rings. The van der Waals surface area contributed by atoms with Gasteiger partial charge in [0.05, 0.1) is 5.69 Å². The Bertz CT molecular complexity index is 817. The van der Waals surface area contributed by atoms with Crippen molar-refractivity contribution in [3.8, 4) is 5.75 Å². The predicted molar refractivity (Wildman–Crippen MR) is 93.4 cm³/mol. The Hall–Kier alpha value is -2.61. The molecule has 0 aliphatic carbocycles. The summed E-state index contributed by atoms with van der Waals surface area (Å²) >= 11 is 0. The standard InChI is InChI=1S/C20H19NO/c1-14(2)15-9-11-18(12-10-15)21-13-17-8-7-16-5-3-4-6-19(16)20(17)22/h3-14,22H,1-2H3. The summed E-state index contributed by atoms with van der Waals surface area (Å²) in [5, 5.41) is 12.2. The molecule has 0 saturated heterocycles. The van der Waals surface area contributed by atoms with Crippen molar-refractivity contribution in [2.45, 2.75) is 19.8 Å². The number of phenols is 1. The van der Waals surface area contributed by atoms with Crippen LogP contribution in [-0.2, 0) is 0 Å². The average Bonchev–Trinajstić information content (AvgIpc) is 2.55. The monoisotopic (exact) mass is 289 g/mol. The lowest BCUT2D eigenvalue weighted by Gasteiger charge is -2.05. The molecule has 0 atom stereocenters. The summed E-state index contributed by atoms with van der Waals surface area (Å²) in [5.74, 6) is 0.795. The molecule has 3 aromatic carbocycles. The molecule has 110 valence electrons. The first-order valence-corrected chi connectivity index (χ1v) is 7.50. The Morgan fingerprint density at radius 3 is 2.36 bits per heavy atom. The van der Waals surface area contributed by atoms with Gasteiger partial charge < -0.3 is 5.11 Å². The largest absolute Gasteiger partial charge is 0.507 e.